The van der Waals surface area contributed by atoms with Crippen LogP contribution in [0, 0.1) is 11.8 Å². The van der Waals surface area contributed by atoms with Crippen molar-refractivity contribution in [2.24, 2.45) is 16.8 Å². The molecule has 2 fully saturated rings. The molecule has 2 nitrogen and oxygen atoms in total. The summed E-state index contributed by atoms with van der Waals surface area (Å²) in [7, 11) is -2.92. The van der Waals surface area contributed by atoms with E-state index in [-0.39, 0.29) is 5.66 Å². The molecule has 2 bridgehead atoms. The zero-order valence-electron chi connectivity index (χ0n) is 20.8. The molecule has 3 atom stereocenters. The Hall–Kier alpha value is -2.44. The van der Waals surface area contributed by atoms with Crippen LogP contribution in [0.25, 0.3) is 0 Å². The van der Waals surface area contributed by atoms with Crippen LogP contribution in [0.3, 0.4) is 0 Å². The fraction of sp³-hybridized carbons (Fsp3) is 0.387. The van der Waals surface area contributed by atoms with Crippen molar-refractivity contribution in [2.45, 2.75) is 64.5 Å². The van der Waals surface area contributed by atoms with Crippen LogP contribution in [0.1, 0.15) is 69.9 Å². The molecule has 0 N–H and O–H groups in total. The third-order valence-corrected chi connectivity index (χ3v) is 11.5. The Morgan fingerprint density at radius 2 is 1.26 bits per heavy atom. The fourth-order valence-corrected chi connectivity index (χ4v) is 9.91. The van der Waals surface area contributed by atoms with Gasteiger partial charge >= 0.3 is 0 Å². The molecular formula is C31H36NOP. The maximum absolute atomic E-state index is 15.4. The van der Waals surface area contributed by atoms with Gasteiger partial charge in [-0.2, -0.15) is 0 Å². The molecule has 0 amide bonds. The number of hydrogen-bond donors (Lipinski definition) is 0. The summed E-state index contributed by atoms with van der Waals surface area (Å²) in [6.07, 6.45) is 3.44. The van der Waals surface area contributed by atoms with Crippen molar-refractivity contribution in [3.8, 4) is 0 Å². The minimum atomic E-state index is -2.92. The Balaban J connectivity index is 1.74. The van der Waals surface area contributed by atoms with Crippen molar-refractivity contribution in [1.82, 2.24) is 0 Å². The van der Waals surface area contributed by atoms with Crippen molar-refractivity contribution >= 4 is 29.2 Å². The van der Waals surface area contributed by atoms with Gasteiger partial charge in [0.25, 0.3) is 0 Å². The monoisotopic (exact) mass is 469 g/mol. The third kappa shape index (κ3) is 3.91. The van der Waals surface area contributed by atoms with E-state index in [9.17, 15) is 0 Å². The number of hydrogen-bond acceptors (Lipinski definition) is 2. The van der Waals surface area contributed by atoms with Crippen LogP contribution in [-0.4, -0.2) is 11.4 Å². The Morgan fingerprint density at radius 1 is 0.735 bits per heavy atom. The lowest BCUT2D eigenvalue weighted by Crippen LogP contribution is -2.36. The highest BCUT2D eigenvalue weighted by atomic mass is 31.2. The lowest BCUT2D eigenvalue weighted by Gasteiger charge is -2.33. The molecule has 176 valence electrons. The van der Waals surface area contributed by atoms with Gasteiger partial charge in [-0.1, -0.05) is 107 Å². The van der Waals surface area contributed by atoms with Crippen LogP contribution in [0.15, 0.2) is 83.9 Å². The van der Waals surface area contributed by atoms with E-state index >= 15 is 4.57 Å². The van der Waals surface area contributed by atoms with Gasteiger partial charge in [-0.15, -0.1) is 0 Å². The highest BCUT2D eigenvalue weighted by molar-refractivity contribution is 7.80. The second kappa shape index (κ2) is 9.31. The molecule has 3 aromatic rings. The Labute approximate surface area is 204 Å². The average molecular weight is 470 g/mol. The first-order valence-electron chi connectivity index (χ1n) is 12.8. The molecule has 0 radical (unpaired) electrons. The molecule has 3 unspecified atom stereocenters. The SMILES string of the molecule is CC(C)c1cccc(C(C)C)c1N=C1C2CCC(C2)C1P(=O)(c1ccccc1)c1ccccc1. The fourth-order valence-electron chi connectivity index (χ4n) is 6.23. The van der Waals surface area contributed by atoms with Crippen LogP contribution in [0.4, 0.5) is 5.69 Å². The number of fused-ring (bicyclic) bond motifs is 2. The quantitative estimate of drug-likeness (QED) is 0.338. The van der Waals surface area contributed by atoms with E-state index in [1.807, 2.05) is 36.4 Å². The van der Waals surface area contributed by atoms with Crippen LogP contribution in [0.5, 0.6) is 0 Å². The Kier molecular flexibility index (Phi) is 6.38. The summed E-state index contributed by atoms with van der Waals surface area (Å²) in [5.74, 6) is 1.66. The molecule has 34 heavy (non-hydrogen) atoms. The molecule has 3 heteroatoms. The summed E-state index contributed by atoms with van der Waals surface area (Å²) in [5, 5.41) is 1.93. The van der Waals surface area contributed by atoms with Gasteiger partial charge in [0.1, 0.15) is 0 Å². The van der Waals surface area contributed by atoms with Crippen molar-refractivity contribution in [2.75, 3.05) is 0 Å². The minimum Gasteiger partial charge on any atom is -0.313 e. The molecule has 0 saturated heterocycles. The van der Waals surface area contributed by atoms with Crippen LogP contribution >= 0.6 is 7.14 Å². The first-order valence-corrected chi connectivity index (χ1v) is 14.6. The normalized spacial score (nSPS) is 23.4. The molecule has 2 aliphatic rings. The molecule has 0 heterocycles. The van der Waals surface area contributed by atoms with Gasteiger partial charge < -0.3 is 4.57 Å². The summed E-state index contributed by atoms with van der Waals surface area (Å²) in [5.41, 5.74) is 4.91. The van der Waals surface area contributed by atoms with Gasteiger partial charge in [-0.05, 0) is 54.1 Å². The van der Waals surface area contributed by atoms with E-state index in [1.54, 1.807) is 0 Å². The Morgan fingerprint density at radius 3 is 1.76 bits per heavy atom. The van der Waals surface area contributed by atoms with Gasteiger partial charge in [0.2, 0.25) is 0 Å². The maximum Gasteiger partial charge on any atom is 0.151 e. The molecule has 0 aliphatic heterocycles. The summed E-state index contributed by atoms with van der Waals surface area (Å²) in [6.45, 7) is 9.00. The van der Waals surface area contributed by atoms with Crippen molar-refractivity contribution in [3.63, 3.8) is 0 Å². The van der Waals surface area contributed by atoms with Crippen LogP contribution in [-0.2, 0) is 4.57 Å². The molecule has 0 spiro atoms. The molecule has 2 aliphatic carbocycles. The molecule has 5 rings (SSSR count). The van der Waals surface area contributed by atoms with Gasteiger partial charge in [0, 0.05) is 16.3 Å². The van der Waals surface area contributed by atoms with E-state index in [0.29, 0.717) is 23.7 Å². The third-order valence-electron chi connectivity index (χ3n) is 7.90. The van der Waals surface area contributed by atoms with Crippen molar-refractivity contribution < 1.29 is 4.57 Å². The Bertz CT molecular complexity index is 1160. The number of nitrogens with zero attached hydrogens (tertiary/aromatic N) is 1. The first-order chi connectivity index (χ1) is 16.4. The van der Waals surface area contributed by atoms with Gasteiger partial charge in [-0.25, -0.2) is 0 Å². The summed E-state index contributed by atoms with van der Waals surface area (Å²) < 4.78 is 15.4. The molecule has 2 saturated carbocycles. The first kappa shape index (κ1) is 23.3. The van der Waals surface area contributed by atoms with Crippen LogP contribution < -0.4 is 10.6 Å². The molecular weight excluding hydrogens is 433 g/mol. The summed E-state index contributed by atoms with van der Waals surface area (Å²) in [6, 6.07) is 27.0. The van der Waals surface area contributed by atoms with Crippen LogP contribution in [0.2, 0.25) is 0 Å². The van der Waals surface area contributed by atoms with E-state index < -0.39 is 7.14 Å². The summed E-state index contributed by atoms with van der Waals surface area (Å²) in [4.78, 5) is 5.53. The predicted octanol–water partition coefficient (Wildman–Crippen LogP) is 7.82. The molecule has 3 aromatic carbocycles. The summed E-state index contributed by atoms with van der Waals surface area (Å²) >= 11 is 0. The highest BCUT2D eigenvalue weighted by Gasteiger charge is 2.54. The smallest absolute Gasteiger partial charge is 0.151 e. The molecule has 0 aromatic heterocycles. The number of aliphatic imine (C=N–C) groups is 1. The zero-order chi connectivity index (χ0) is 23.9. The van der Waals surface area contributed by atoms with Gasteiger partial charge in [0.15, 0.2) is 7.14 Å². The standard InChI is InChI=1S/C31H36NOP/c1-21(2)27-16-11-17-28(22(3)4)30(27)32-29-23-18-19-24(20-23)31(29)34(33,25-12-7-5-8-13-25)26-14-9-6-10-15-26/h5-17,21-24,31H,18-20H2,1-4H3. The number of benzene rings is 3. The lowest BCUT2D eigenvalue weighted by atomic mass is 9.92. The van der Waals surface area contributed by atoms with E-state index in [0.717, 1.165) is 29.1 Å². The van der Waals surface area contributed by atoms with Gasteiger partial charge in [-0.3, -0.25) is 4.99 Å². The predicted molar refractivity (Wildman–Crippen MR) is 146 cm³/mol. The van der Waals surface area contributed by atoms with E-state index in [1.165, 1.54) is 23.3 Å². The van der Waals surface area contributed by atoms with E-state index in [4.69, 9.17) is 4.99 Å². The highest BCUT2D eigenvalue weighted by Crippen LogP contribution is 2.61. The second-order valence-corrected chi connectivity index (χ2v) is 13.6. The lowest BCUT2D eigenvalue weighted by molar-refractivity contribution is 0.548. The zero-order valence-corrected chi connectivity index (χ0v) is 21.7. The topological polar surface area (TPSA) is 29.4 Å². The largest absolute Gasteiger partial charge is 0.313 e. The number of para-hydroxylation sites is 1. The average Bonchev–Trinajstić information content (AvgIpc) is 3.46. The van der Waals surface area contributed by atoms with Gasteiger partial charge in [0.05, 0.1) is 11.3 Å². The maximum atomic E-state index is 15.4. The van der Waals surface area contributed by atoms with E-state index in [2.05, 4.69) is 70.2 Å². The second-order valence-electron chi connectivity index (χ2n) is 10.7. The van der Waals surface area contributed by atoms with Crippen molar-refractivity contribution in [1.29, 1.82) is 0 Å². The van der Waals surface area contributed by atoms with Crippen molar-refractivity contribution in [3.05, 3.63) is 90.0 Å². The minimum absolute atomic E-state index is 0.0173. The number of rotatable bonds is 6.